The maximum Gasteiger partial charge on any atom is 0.326 e. The number of aliphatic hydroxyl groups is 1. The molecule has 13 heteroatoms. The molecule has 1 heterocycles. The number of nitrogens with two attached hydrogens (primary N) is 3. The Morgan fingerprint density at radius 1 is 1.09 bits per heavy atom. The van der Waals surface area contributed by atoms with Gasteiger partial charge in [-0.3, -0.25) is 19.4 Å². The number of carbonyl (C=O) groups is 4. The second kappa shape index (κ2) is 13.7. The van der Waals surface area contributed by atoms with Gasteiger partial charge in [-0.2, -0.15) is 0 Å². The van der Waals surface area contributed by atoms with Crippen LogP contribution in [-0.2, 0) is 19.2 Å². The fourth-order valence-electron chi connectivity index (χ4n) is 3.71. The van der Waals surface area contributed by atoms with E-state index in [1.165, 1.54) is 11.8 Å². The average molecular weight is 486 g/mol. The highest BCUT2D eigenvalue weighted by Gasteiger charge is 2.38. The van der Waals surface area contributed by atoms with Crippen molar-refractivity contribution in [3.05, 3.63) is 0 Å². The molecule has 1 saturated heterocycles. The summed E-state index contributed by atoms with van der Waals surface area (Å²) >= 11 is 0. The molecule has 3 amide bonds. The van der Waals surface area contributed by atoms with Gasteiger partial charge < -0.3 is 42.9 Å². The van der Waals surface area contributed by atoms with Crippen molar-refractivity contribution in [3.8, 4) is 0 Å². The number of amides is 3. The summed E-state index contributed by atoms with van der Waals surface area (Å²) in [6, 6.07) is -4.21. The van der Waals surface area contributed by atoms with Crippen LogP contribution in [0.25, 0.3) is 0 Å². The Morgan fingerprint density at radius 2 is 1.71 bits per heavy atom. The molecule has 0 aromatic carbocycles. The smallest absolute Gasteiger partial charge is 0.326 e. The van der Waals surface area contributed by atoms with Crippen molar-refractivity contribution >= 4 is 29.7 Å². The van der Waals surface area contributed by atoms with E-state index in [9.17, 15) is 29.4 Å². The van der Waals surface area contributed by atoms with E-state index in [0.29, 0.717) is 25.8 Å². The van der Waals surface area contributed by atoms with Gasteiger partial charge >= 0.3 is 5.97 Å². The summed E-state index contributed by atoms with van der Waals surface area (Å²) < 4.78 is 0. The number of carboxylic acids is 1. The Morgan fingerprint density at radius 3 is 2.24 bits per heavy atom. The minimum atomic E-state index is -1.25. The standard InChI is InChI=1S/C21H39N7O6/c1-11(2)10-14(19(32)28-9-5-7-15(28)20(33)34)27-17(30)13(6-4-8-25-21(23)24)26-18(31)16(22)12(3)29/h11-16,29H,4-10,22H2,1-3H3,(H,26,31)(H,27,30)(H,33,34)(H4,23,24,25). The van der Waals surface area contributed by atoms with E-state index in [4.69, 9.17) is 17.2 Å². The first-order chi connectivity index (χ1) is 15.8. The van der Waals surface area contributed by atoms with Crippen LogP contribution in [0.3, 0.4) is 0 Å². The van der Waals surface area contributed by atoms with E-state index in [1.807, 2.05) is 13.8 Å². The minimum absolute atomic E-state index is 0.0266. The fraction of sp³-hybridized carbons (Fsp3) is 0.762. The first-order valence-electron chi connectivity index (χ1n) is 11.5. The molecule has 10 N–H and O–H groups in total. The molecule has 0 saturated carbocycles. The van der Waals surface area contributed by atoms with Crippen molar-refractivity contribution in [1.82, 2.24) is 15.5 Å². The number of hydrogen-bond acceptors (Lipinski definition) is 7. The molecule has 13 nitrogen and oxygen atoms in total. The predicted molar refractivity (Wildman–Crippen MR) is 125 cm³/mol. The highest BCUT2D eigenvalue weighted by molar-refractivity contribution is 5.94. The van der Waals surface area contributed by atoms with Crippen molar-refractivity contribution in [3.63, 3.8) is 0 Å². The molecule has 1 aliphatic rings. The van der Waals surface area contributed by atoms with Crippen molar-refractivity contribution in [1.29, 1.82) is 0 Å². The molecule has 0 aliphatic carbocycles. The quantitative estimate of drug-likeness (QED) is 0.0854. The first kappa shape index (κ1) is 29.1. The molecule has 5 unspecified atom stereocenters. The number of carbonyl (C=O) groups excluding carboxylic acids is 3. The molecule has 0 bridgehead atoms. The number of rotatable bonds is 13. The maximum atomic E-state index is 13.2. The van der Waals surface area contributed by atoms with Crippen molar-refractivity contribution in [2.24, 2.45) is 28.1 Å². The van der Waals surface area contributed by atoms with Gasteiger partial charge in [0, 0.05) is 13.1 Å². The molecular formula is C21H39N7O6. The molecule has 5 atom stereocenters. The van der Waals surface area contributed by atoms with E-state index in [0.717, 1.165) is 0 Å². The zero-order valence-electron chi connectivity index (χ0n) is 20.1. The van der Waals surface area contributed by atoms with Gasteiger partial charge in [-0.05, 0) is 44.9 Å². The van der Waals surface area contributed by atoms with Gasteiger partial charge in [0.2, 0.25) is 17.7 Å². The summed E-state index contributed by atoms with van der Waals surface area (Å²) in [7, 11) is 0. The second-order valence-corrected chi connectivity index (χ2v) is 8.99. The largest absolute Gasteiger partial charge is 0.480 e. The van der Waals surface area contributed by atoms with Gasteiger partial charge in [-0.25, -0.2) is 4.79 Å². The van der Waals surface area contributed by atoms with E-state index in [1.54, 1.807) is 0 Å². The first-order valence-corrected chi connectivity index (χ1v) is 11.5. The zero-order valence-corrected chi connectivity index (χ0v) is 20.1. The van der Waals surface area contributed by atoms with Crippen LogP contribution in [-0.4, -0.2) is 88.1 Å². The van der Waals surface area contributed by atoms with E-state index >= 15 is 0 Å². The molecule has 1 aliphatic heterocycles. The minimum Gasteiger partial charge on any atom is -0.480 e. The Kier molecular flexibility index (Phi) is 11.7. The van der Waals surface area contributed by atoms with Crippen LogP contribution in [0.1, 0.15) is 52.9 Å². The van der Waals surface area contributed by atoms with E-state index < -0.39 is 54.0 Å². The Bertz CT molecular complexity index is 754. The van der Waals surface area contributed by atoms with Gasteiger partial charge in [-0.1, -0.05) is 13.8 Å². The number of aliphatic carboxylic acids is 1. The van der Waals surface area contributed by atoms with Crippen LogP contribution in [0.2, 0.25) is 0 Å². The van der Waals surface area contributed by atoms with Crippen LogP contribution in [0.5, 0.6) is 0 Å². The molecule has 194 valence electrons. The Hall–Kier alpha value is -2.93. The lowest BCUT2D eigenvalue weighted by molar-refractivity contribution is -0.149. The molecule has 0 spiro atoms. The summed E-state index contributed by atoms with van der Waals surface area (Å²) in [6.07, 6.45) is 0.551. The number of guanidine groups is 1. The van der Waals surface area contributed by atoms with Crippen LogP contribution < -0.4 is 27.8 Å². The van der Waals surface area contributed by atoms with E-state index in [2.05, 4.69) is 15.6 Å². The fourth-order valence-corrected chi connectivity index (χ4v) is 3.71. The van der Waals surface area contributed by atoms with Crippen LogP contribution in [0.4, 0.5) is 0 Å². The lowest BCUT2D eigenvalue weighted by Crippen LogP contribution is -2.58. The van der Waals surface area contributed by atoms with Crippen LogP contribution in [0, 0.1) is 5.92 Å². The molecule has 0 radical (unpaired) electrons. The Labute approximate surface area is 199 Å². The van der Waals surface area contributed by atoms with Gasteiger partial charge in [0.15, 0.2) is 5.96 Å². The number of likely N-dealkylation sites (tertiary alicyclic amines) is 1. The molecular weight excluding hydrogens is 446 g/mol. The van der Waals surface area contributed by atoms with Crippen molar-refractivity contribution in [2.45, 2.75) is 83.1 Å². The molecule has 0 aromatic rings. The average Bonchev–Trinajstić information content (AvgIpc) is 3.23. The topological polar surface area (TPSA) is 226 Å². The SMILES string of the molecule is CC(C)CC(NC(=O)C(CCCN=C(N)N)NC(=O)C(N)C(C)O)C(=O)N1CCCC1C(=O)O. The second-order valence-electron chi connectivity index (χ2n) is 8.99. The molecule has 0 aromatic heterocycles. The lowest BCUT2D eigenvalue weighted by Gasteiger charge is -2.30. The summed E-state index contributed by atoms with van der Waals surface area (Å²) in [6.45, 7) is 5.61. The number of aliphatic imine (C=N–C) groups is 1. The lowest BCUT2D eigenvalue weighted by atomic mass is 10.0. The predicted octanol–water partition coefficient (Wildman–Crippen LogP) is -2.16. The van der Waals surface area contributed by atoms with Crippen molar-refractivity contribution < 1.29 is 29.4 Å². The number of nitrogens with zero attached hydrogens (tertiary/aromatic N) is 2. The maximum absolute atomic E-state index is 13.2. The normalized spacial score (nSPS) is 19.1. The molecule has 1 rings (SSSR count). The van der Waals surface area contributed by atoms with E-state index in [-0.39, 0.29) is 31.3 Å². The monoisotopic (exact) mass is 485 g/mol. The highest BCUT2D eigenvalue weighted by atomic mass is 16.4. The molecule has 1 fully saturated rings. The molecule has 34 heavy (non-hydrogen) atoms. The third kappa shape index (κ3) is 9.14. The zero-order chi connectivity index (χ0) is 26.0. The van der Waals surface area contributed by atoms with Gasteiger partial charge in [0.05, 0.1) is 6.10 Å². The van der Waals surface area contributed by atoms with Gasteiger partial charge in [0.25, 0.3) is 0 Å². The third-order valence-electron chi connectivity index (χ3n) is 5.54. The van der Waals surface area contributed by atoms with Gasteiger partial charge in [-0.15, -0.1) is 0 Å². The van der Waals surface area contributed by atoms with Gasteiger partial charge in [0.1, 0.15) is 24.2 Å². The van der Waals surface area contributed by atoms with Crippen LogP contribution in [0.15, 0.2) is 4.99 Å². The number of nitrogens with one attached hydrogen (secondary N) is 2. The summed E-state index contributed by atoms with van der Waals surface area (Å²) in [4.78, 5) is 55.3. The number of aliphatic hydroxyl groups excluding tert-OH is 1. The summed E-state index contributed by atoms with van der Waals surface area (Å²) in [5.41, 5.74) is 16.3. The number of hydrogen-bond donors (Lipinski definition) is 7. The third-order valence-corrected chi connectivity index (χ3v) is 5.54. The summed E-state index contributed by atoms with van der Waals surface area (Å²) in [5, 5.41) is 24.2. The van der Waals surface area contributed by atoms with Crippen LogP contribution >= 0.6 is 0 Å². The summed E-state index contributed by atoms with van der Waals surface area (Å²) in [5.74, 6) is -2.99. The van der Waals surface area contributed by atoms with Crippen molar-refractivity contribution in [2.75, 3.05) is 13.1 Å². The Balaban J connectivity index is 3.02. The number of carboxylic acid groups (broad SMARTS) is 1. The highest BCUT2D eigenvalue weighted by Crippen LogP contribution is 2.20.